The average molecular weight is 289 g/mol. The monoisotopic (exact) mass is 289 g/mol. The predicted molar refractivity (Wildman–Crippen MR) is 81.8 cm³/mol. The maximum atomic E-state index is 11.9. The number of amides is 2. The van der Waals surface area contributed by atoms with Crippen molar-refractivity contribution < 1.29 is 9.59 Å². The molecule has 0 fully saturated rings. The fourth-order valence-electron chi connectivity index (χ4n) is 2.85. The number of carbonyl (C=O) groups is 2. The smallest absolute Gasteiger partial charge is 0.239 e. The lowest BCUT2D eigenvalue weighted by Gasteiger charge is -2.32. The lowest BCUT2D eigenvalue weighted by atomic mass is 9.87. The lowest BCUT2D eigenvalue weighted by molar-refractivity contribution is -0.126. The first kappa shape index (κ1) is 15.5. The Hall–Kier alpha value is -1.88. The molecule has 2 amide bonds. The number of fused-ring (bicyclic) bond motifs is 1. The van der Waals surface area contributed by atoms with E-state index >= 15 is 0 Å². The van der Waals surface area contributed by atoms with Crippen LogP contribution in [-0.2, 0) is 16.0 Å². The molecule has 0 saturated heterocycles. The largest absolute Gasteiger partial charge is 0.358 e. The number of aryl methyl sites for hydroxylation is 1. The minimum atomic E-state index is -0.186. The highest BCUT2D eigenvalue weighted by Gasteiger charge is 2.24. The van der Waals surface area contributed by atoms with Gasteiger partial charge in [0.1, 0.15) is 0 Å². The molecule has 0 radical (unpaired) electrons. The summed E-state index contributed by atoms with van der Waals surface area (Å²) in [6, 6.07) is 8.72. The van der Waals surface area contributed by atoms with Crippen LogP contribution in [0, 0.1) is 0 Å². The zero-order valence-electron chi connectivity index (χ0n) is 12.7. The van der Waals surface area contributed by atoms with Gasteiger partial charge in [0.15, 0.2) is 0 Å². The van der Waals surface area contributed by atoms with Crippen molar-refractivity contribution in [1.29, 1.82) is 0 Å². The van der Waals surface area contributed by atoms with E-state index in [-0.39, 0.29) is 24.4 Å². The fraction of sp³-hybridized carbons (Fsp3) is 0.500. The van der Waals surface area contributed by atoms with Gasteiger partial charge in [0, 0.05) is 13.1 Å². The standard InChI is InChI=1S/C16H23N3O2/c1-17-15(20)10-18-16(21)11-19(2)14-9-5-7-12-6-3-4-8-13(12)14/h3-4,6,8,14H,5,7,9-11H2,1-2H3,(H,17,20)(H,18,21)/t14-/m1/s1. The van der Waals surface area contributed by atoms with E-state index in [1.807, 2.05) is 7.05 Å². The van der Waals surface area contributed by atoms with E-state index in [4.69, 9.17) is 0 Å². The first-order valence-corrected chi connectivity index (χ1v) is 7.37. The summed E-state index contributed by atoms with van der Waals surface area (Å²) in [5.41, 5.74) is 2.71. The van der Waals surface area contributed by atoms with Crippen LogP contribution in [0.1, 0.15) is 30.0 Å². The molecule has 0 saturated carbocycles. The van der Waals surface area contributed by atoms with Crippen LogP contribution in [0.3, 0.4) is 0 Å². The van der Waals surface area contributed by atoms with Gasteiger partial charge < -0.3 is 10.6 Å². The summed E-state index contributed by atoms with van der Waals surface area (Å²) in [7, 11) is 3.52. The van der Waals surface area contributed by atoms with Gasteiger partial charge in [0.05, 0.1) is 13.1 Å². The summed E-state index contributed by atoms with van der Waals surface area (Å²) in [6.45, 7) is 0.334. The van der Waals surface area contributed by atoms with Crippen LogP contribution in [0.25, 0.3) is 0 Å². The zero-order chi connectivity index (χ0) is 15.2. The molecule has 21 heavy (non-hydrogen) atoms. The molecule has 0 unspecified atom stereocenters. The SMILES string of the molecule is CNC(=O)CNC(=O)CN(C)[C@@H]1CCCc2ccccc21. The van der Waals surface area contributed by atoms with Crippen LogP contribution < -0.4 is 10.6 Å². The molecule has 0 heterocycles. The second kappa shape index (κ2) is 7.22. The summed E-state index contributed by atoms with van der Waals surface area (Å²) in [6.07, 6.45) is 3.32. The van der Waals surface area contributed by atoms with Crippen LogP contribution in [0.2, 0.25) is 0 Å². The van der Waals surface area contributed by atoms with E-state index in [1.165, 1.54) is 11.1 Å². The van der Waals surface area contributed by atoms with Gasteiger partial charge in [-0.3, -0.25) is 14.5 Å². The van der Waals surface area contributed by atoms with Gasteiger partial charge in [0.2, 0.25) is 11.8 Å². The molecule has 2 rings (SSSR count). The van der Waals surface area contributed by atoms with Gasteiger partial charge in [-0.25, -0.2) is 0 Å². The van der Waals surface area contributed by atoms with Gasteiger partial charge in [-0.1, -0.05) is 24.3 Å². The molecule has 0 aliphatic heterocycles. The second-order valence-electron chi connectivity index (χ2n) is 5.47. The third kappa shape index (κ3) is 4.04. The van der Waals surface area contributed by atoms with Crippen LogP contribution in [0.4, 0.5) is 0 Å². The van der Waals surface area contributed by atoms with E-state index in [0.717, 1.165) is 19.3 Å². The number of carbonyl (C=O) groups excluding carboxylic acids is 2. The minimum absolute atomic E-state index is 0.0322. The minimum Gasteiger partial charge on any atom is -0.358 e. The Morgan fingerprint density at radius 3 is 2.81 bits per heavy atom. The van der Waals surface area contributed by atoms with E-state index in [2.05, 4.69) is 39.8 Å². The molecule has 0 aromatic heterocycles. The third-order valence-electron chi connectivity index (χ3n) is 3.99. The third-order valence-corrected chi connectivity index (χ3v) is 3.99. The van der Waals surface area contributed by atoms with Crippen molar-refractivity contribution in [3.8, 4) is 0 Å². The van der Waals surface area contributed by atoms with Crippen LogP contribution >= 0.6 is 0 Å². The highest BCUT2D eigenvalue weighted by atomic mass is 16.2. The van der Waals surface area contributed by atoms with Gasteiger partial charge in [-0.2, -0.15) is 0 Å². The van der Waals surface area contributed by atoms with E-state index in [0.29, 0.717) is 6.54 Å². The summed E-state index contributed by atoms with van der Waals surface area (Å²) < 4.78 is 0. The number of hydrogen-bond donors (Lipinski definition) is 2. The van der Waals surface area contributed by atoms with Crippen molar-refractivity contribution in [3.05, 3.63) is 35.4 Å². The van der Waals surface area contributed by atoms with Crippen molar-refractivity contribution in [2.45, 2.75) is 25.3 Å². The highest BCUT2D eigenvalue weighted by molar-refractivity contribution is 5.85. The van der Waals surface area contributed by atoms with E-state index in [9.17, 15) is 9.59 Å². The molecular weight excluding hydrogens is 266 g/mol. The molecular formula is C16H23N3O2. The fourth-order valence-corrected chi connectivity index (χ4v) is 2.85. The molecule has 114 valence electrons. The Labute approximate surface area is 125 Å². The van der Waals surface area contributed by atoms with Crippen molar-refractivity contribution in [1.82, 2.24) is 15.5 Å². The van der Waals surface area contributed by atoms with Crippen LogP contribution in [-0.4, -0.2) is 43.9 Å². The lowest BCUT2D eigenvalue weighted by Crippen LogP contribution is -2.41. The number of likely N-dealkylation sites (N-methyl/N-ethyl adjacent to an activating group) is 2. The van der Waals surface area contributed by atoms with Crippen molar-refractivity contribution in [3.63, 3.8) is 0 Å². The number of nitrogens with zero attached hydrogens (tertiary/aromatic N) is 1. The maximum Gasteiger partial charge on any atom is 0.239 e. The van der Waals surface area contributed by atoms with Gasteiger partial charge in [-0.15, -0.1) is 0 Å². The number of hydrogen-bond acceptors (Lipinski definition) is 3. The first-order valence-electron chi connectivity index (χ1n) is 7.37. The normalized spacial score (nSPS) is 17.2. The Kier molecular flexibility index (Phi) is 5.33. The zero-order valence-corrected chi connectivity index (χ0v) is 12.7. The van der Waals surface area contributed by atoms with Gasteiger partial charge >= 0.3 is 0 Å². The molecule has 2 N–H and O–H groups in total. The second-order valence-corrected chi connectivity index (χ2v) is 5.47. The molecule has 1 atom stereocenters. The molecule has 0 bridgehead atoms. The maximum absolute atomic E-state index is 11.9. The molecule has 1 aliphatic carbocycles. The molecule has 5 nitrogen and oxygen atoms in total. The molecule has 0 spiro atoms. The van der Waals surface area contributed by atoms with Crippen LogP contribution in [0.5, 0.6) is 0 Å². The molecule has 5 heteroatoms. The Bertz CT molecular complexity index is 516. The molecule has 1 aromatic rings. The summed E-state index contributed by atoms with van der Waals surface area (Å²) in [5.74, 6) is -0.307. The summed E-state index contributed by atoms with van der Waals surface area (Å²) >= 11 is 0. The quantitative estimate of drug-likeness (QED) is 0.845. The van der Waals surface area contributed by atoms with E-state index < -0.39 is 0 Å². The first-order chi connectivity index (χ1) is 10.1. The highest BCUT2D eigenvalue weighted by Crippen LogP contribution is 2.33. The average Bonchev–Trinajstić information content (AvgIpc) is 2.51. The molecule has 1 aliphatic rings. The van der Waals surface area contributed by atoms with Gasteiger partial charge in [-0.05, 0) is 37.4 Å². The van der Waals surface area contributed by atoms with Crippen molar-refractivity contribution in [2.75, 3.05) is 27.2 Å². The number of benzene rings is 1. The Morgan fingerprint density at radius 2 is 2.05 bits per heavy atom. The number of rotatable bonds is 5. The summed E-state index contributed by atoms with van der Waals surface area (Å²) in [4.78, 5) is 25.1. The topological polar surface area (TPSA) is 61.4 Å². The molecule has 1 aromatic carbocycles. The Balaban J connectivity index is 1.93. The van der Waals surface area contributed by atoms with Gasteiger partial charge in [0.25, 0.3) is 0 Å². The van der Waals surface area contributed by atoms with Crippen LogP contribution in [0.15, 0.2) is 24.3 Å². The number of nitrogens with one attached hydrogen (secondary N) is 2. The summed E-state index contributed by atoms with van der Waals surface area (Å²) in [5, 5.41) is 5.12. The van der Waals surface area contributed by atoms with E-state index in [1.54, 1.807) is 7.05 Å². The predicted octanol–water partition coefficient (Wildman–Crippen LogP) is 0.858. The van der Waals surface area contributed by atoms with Crippen molar-refractivity contribution in [2.24, 2.45) is 0 Å². The Morgan fingerprint density at radius 1 is 1.29 bits per heavy atom. The van der Waals surface area contributed by atoms with Crippen molar-refractivity contribution >= 4 is 11.8 Å².